The van der Waals surface area contributed by atoms with Gasteiger partial charge in [-0.05, 0) is 31.2 Å². The Hall–Kier alpha value is -2.53. The second-order valence-electron chi connectivity index (χ2n) is 5.99. The quantitative estimate of drug-likeness (QED) is 0.722. The zero-order valence-electron chi connectivity index (χ0n) is 15.3. The first-order chi connectivity index (χ1) is 12.1. The molecule has 0 amide bonds. The predicted octanol–water partition coefficient (Wildman–Crippen LogP) is 2.10. The Balaban J connectivity index is 2.19. The van der Waals surface area contributed by atoms with Gasteiger partial charge in [0.15, 0.2) is 11.5 Å². The van der Waals surface area contributed by atoms with Gasteiger partial charge >= 0.3 is 0 Å². The molecule has 0 heterocycles. The molecule has 5 heteroatoms. The highest BCUT2D eigenvalue weighted by Gasteiger charge is 2.21. The van der Waals surface area contributed by atoms with Crippen LogP contribution in [0, 0.1) is 0 Å². The van der Waals surface area contributed by atoms with Crippen molar-refractivity contribution in [2.75, 3.05) is 34.4 Å². The van der Waals surface area contributed by atoms with E-state index in [4.69, 9.17) is 9.47 Å². The lowest BCUT2D eigenvalue weighted by Gasteiger charge is -2.22. The average molecular weight is 343 g/mol. The molecular formula is C20H27N2O3+. The Bertz CT molecular complexity index is 714. The largest absolute Gasteiger partial charge is 0.504 e. The van der Waals surface area contributed by atoms with Gasteiger partial charge < -0.3 is 19.5 Å². The van der Waals surface area contributed by atoms with Crippen LogP contribution in [0.15, 0.2) is 47.5 Å². The van der Waals surface area contributed by atoms with Gasteiger partial charge in [0.2, 0.25) is 0 Å². The average Bonchev–Trinajstić information content (AvgIpc) is 2.61. The number of phenolic OH excluding ortho intramolecular Hbond substituents is 1. The number of quaternary nitrogens is 1. The van der Waals surface area contributed by atoms with Gasteiger partial charge in [0, 0.05) is 11.8 Å². The standard InChI is InChI=1S/C20H26N2O3/c1-5-25-19-12-8-9-15(20(19)23)13-21-14-17(22(2)3)16-10-6-7-11-18(16)24-4/h6-13,17,23H,5,14H2,1-4H3/p+1/t17-/m0/s1. The van der Waals surface area contributed by atoms with E-state index in [0.717, 1.165) is 11.3 Å². The SMILES string of the molecule is CCOc1cccc(C=NC[C@@H](c2ccccc2OC)[NH+](C)C)c1O. The molecule has 1 atom stereocenters. The third-order valence-corrected chi connectivity index (χ3v) is 4.06. The number of hydrogen-bond donors (Lipinski definition) is 2. The Morgan fingerprint density at radius 2 is 1.84 bits per heavy atom. The molecule has 0 bridgehead atoms. The van der Waals surface area contributed by atoms with Crippen molar-refractivity contribution in [3.8, 4) is 17.2 Å². The number of rotatable bonds is 8. The fourth-order valence-corrected chi connectivity index (χ4v) is 2.72. The van der Waals surface area contributed by atoms with Crippen LogP contribution >= 0.6 is 0 Å². The van der Waals surface area contributed by atoms with Crippen molar-refractivity contribution < 1.29 is 19.5 Å². The lowest BCUT2D eigenvalue weighted by molar-refractivity contribution is -0.890. The maximum Gasteiger partial charge on any atom is 0.166 e. The molecule has 0 unspecified atom stereocenters. The number of benzene rings is 2. The topological polar surface area (TPSA) is 55.5 Å². The molecular weight excluding hydrogens is 316 g/mol. The van der Waals surface area contributed by atoms with Crippen LogP contribution in [-0.4, -0.2) is 45.7 Å². The number of para-hydroxylation sites is 2. The summed E-state index contributed by atoms with van der Waals surface area (Å²) >= 11 is 0. The Kier molecular flexibility index (Phi) is 6.83. The van der Waals surface area contributed by atoms with E-state index in [0.29, 0.717) is 24.5 Å². The van der Waals surface area contributed by atoms with Crippen molar-refractivity contribution in [3.05, 3.63) is 53.6 Å². The van der Waals surface area contributed by atoms with Crippen LogP contribution < -0.4 is 14.4 Å². The summed E-state index contributed by atoms with van der Waals surface area (Å²) < 4.78 is 10.9. The first kappa shape index (κ1) is 18.8. The summed E-state index contributed by atoms with van der Waals surface area (Å²) in [5.41, 5.74) is 1.77. The summed E-state index contributed by atoms with van der Waals surface area (Å²) in [6.07, 6.45) is 1.70. The number of aliphatic imine (C=N–C) groups is 1. The van der Waals surface area contributed by atoms with E-state index in [1.807, 2.05) is 37.3 Å². The van der Waals surface area contributed by atoms with Crippen LogP contribution in [0.25, 0.3) is 0 Å². The number of hydrogen-bond acceptors (Lipinski definition) is 4. The predicted molar refractivity (Wildman–Crippen MR) is 100 cm³/mol. The van der Waals surface area contributed by atoms with E-state index in [2.05, 4.69) is 25.2 Å². The fourth-order valence-electron chi connectivity index (χ4n) is 2.72. The molecule has 0 aliphatic heterocycles. The highest BCUT2D eigenvalue weighted by atomic mass is 16.5. The molecule has 0 aromatic heterocycles. The summed E-state index contributed by atoms with van der Waals surface area (Å²) in [7, 11) is 5.88. The van der Waals surface area contributed by atoms with Gasteiger partial charge in [-0.15, -0.1) is 0 Å². The molecule has 2 aromatic carbocycles. The molecule has 0 saturated heterocycles. The highest BCUT2D eigenvalue weighted by Crippen LogP contribution is 2.29. The molecule has 0 saturated carbocycles. The number of ether oxygens (including phenoxy) is 2. The van der Waals surface area contributed by atoms with Crippen molar-refractivity contribution in [2.45, 2.75) is 13.0 Å². The summed E-state index contributed by atoms with van der Waals surface area (Å²) in [6.45, 7) is 2.98. The third-order valence-electron chi connectivity index (χ3n) is 4.06. The lowest BCUT2D eigenvalue weighted by Crippen LogP contribution is -3.06. The molecule has 0 radical (unpaired) electrons. The number of aromatic hydroxyl groups is 1. The van der Waals surface area contributed by atoms with E-state index in [9.17, 15) is 5.11 Å². The van der Waals surface area contributed by atoms with Crippen LogP contribution in [-0.2, 0) is 0 Å². The van der Waals surface area contributed by atoms with Crippen molar-refractivity contribution in [1.29, 1.82) is 0 Å². The Morgan fingerprint density at radius 1 is 1.12 bits per heavy atom. The highest BCUT2D eigenvalue weighted by molar-refractivity contribution is 5.84. The molecule has 2 aromatic rings. The van der Waals surface area contributed by atoms with Crippen LogP contribution in [0.5, 0.6) is 17.2 Å². The molecule has 2 rings (SSSR count). The fraction of sp³-hybridized carbons (Fsp3) is 0.350. The number of phenols is 1. The van der Waals surface area contributed by atoms with Gasteiger partial charge in [-0.25, -0.2) is 0 Å². The second kappa shape index (κ2) is 9.08. The third kappa shape index (κ3) is 4.73. The summed E-state index contributed by atoms with van der Waals surface area (Å²) in [6, 6.07) is 13.6. The van der Waals surface area contributed by atoms with Crippen LogP contribution in [0.3, 0.4) is 0 Å². The minimum Gasteiger partial charge on any atom is -0.504 e. The van der Waals surface area contributed by atoms with Crippen molar-refractivity contribution in [1.82, 2.24) is 0 Å². The molecule has 0 aliphatic rings. The van der Waals surface area contributed by atoms with Gasteiger partial charge in [0.1, 0.15) is 11.8 Å². The summed E-state index contributed by atoms with van der Waals surface area (Å²) in [5, 5.41) is 10.3. The van der Waals surface area contributed by atoms with E-state index in [1.54, 1.807) is 19.4 Å². The Labute approximate surface area is 149 Å². The second-order valence-corrected chi connectivity index (χ2v) is 5.99. The zero-order valence-corrected chi connectivity index (χ0v) is 15.3. The van der Waals surface area contributed by atoms with Crippen LogP contribution in [0.1, 0.15) is 24.1 Å². The van der Waals surface area contributed by atoms with Crippen molar-refractivity contribution >= 4 is 6.21 Å². The van der Waals surface area contributed by atoms with Gasteiger partial charge in [-0.2, -0.15) is 0 Å². The smallest absolute Gasteiger partial charge is 0.166 e. The van der Waals surface area contributed by atoms with E-state index >= 15 is 0 Å². The van der Waals surface area contributed by atoms with Crippen LogP contribution in [0.2, 0.25) is 0 Å². The normalized spacial score (nSPS) is 12.5. The number of nitrogens with one attached hydrogen (secondary N) is 1. The van der Waals surface area contributed by atoms with Crippen LogP contribution in [0.4, 0.5) is 0 Å². The van der Waals surface area contributed by atoms with Crippen molar-refractivity contribution in [3.63, 3.8) is 0 Å². The van der Waals surface area contributed by atoms with Gasteiger partial charge in [-0.1, -0.05) is 18.2 Å². The number of nitrogens with zero attached hydrogens (tertiary/aromatic N) is 1. The van der Waals surface area contributed by atoms with Gasteiger partial charge in [0.05, 0.1) is 39.9 Å². The van der Waals surface area contributed by atoms with E-state index in [-0.39, 0.29) is 11.8 Å². The summed E-state index contributed by atoms with van der Waals surface area (Å²) in [4.78, 5) is 5.82. The minimum atomic E-state index is 0.124. The molecule has 0 spiro atoms. The number of likely N-dealkylation sites (N-methyl/N-ethyl adjacent to an activating group) is 1. The maximum absolute atomic E-state index is 10.3. The maximum atomic E-state index is 10.3. The molecule has 5 nitrogen and oxygen atoms in total. The Morgan fingerprint density at radius 3 is 2.52 bits per heavy atom. The molecule has 25 heavy (non-hydrogen) atoms. The van der Waals surface area contributed by atoms with Gasteiger partial charge in [0.25, 0.3) is 0 Å². The first-order valence-corrected chi connectivity index (χ1v) is 8.46. The van der Waals surface area contributed by atoms with E-state index in [1.165, 1.54) is 4.90 Å². The van der Waals surface area contributed by atoms with E-state index < -0.39 is 0 Å². The first-order valence-electron chi connectivity index (χ1n) is 8.46. The lowest BCUT2D eigenvalue weighted by atomic mass is 10.0. The molecule has 0 aliphatic carbocycles. The molecule has 134 valence electrons. The zero-order chi connectivity index (χ0) is 18.2. The number of methoxy groups -OCH3 is 1. The minimum absolute atomic E-state index is 0.124. The molecule has 0 fully saturated rings. The van der Waals surface area contributed by atoms with Crippen molar-refractivity contribution in [2.24, 2.45) is 4.99 Å². The monoisotopic (exact) mass is 343 g/mol. The van der Waals surface area contributed by atoms with Gasteiger partial charge in [-0.3, -0.25) is 4.99 Å². The summed E-state index contributed by atoms with van der Waals surface area (Å²) in [5.74, 6) is 1.47. The molecule has 2 N–H and O–H groups in total.